The number of ketones is 1. The second kappa shape index (κ2) is 10.2. The number of benzene rings is 2. The van der Waals surface area contributed by atoms with Gasteiger partial charge in [-0.2, -0.15) is 0 Å². The van der Waals surface area contributed by atoms with Crippen LogP contribution in [0.4, 0.5) is 0 Å². The Kier molecular flexibility index (Phi) is 6.47. The van der Waals surface area contributed by atoms with Gasteiger partial charge in [0, 0.05) is 30.2 Å². The summed E-state index contributed by atoms with van der Waals surface area (Å²) in [4.78, 5) is 22.0. The van der Waals surface area contributed by atoms with Gasteiger partial charge in [-0.05, 0) is 34.0 Å². The van der Waals surface area contributed by atoms with Crippen molar-refractivity contribution in [3.8, 4) is 22.6 Å². The average molecular weight is 465 g/mol. The summed E-state index contributed by atoms with van der Waals surface area (Å²) < 4.78 is 1.81. The maximum atomic E-state index is 12.8. The molecule has 174 valence electrons. The fourth-order valence-corrected chi connectivity index (χ4v) is 3.92. The Morgan fingerprint density at radius 2 is 1.74 bits per heavy atom. The van der Waals surface area contributed by atoms with Gasteiger partial charge in [0.25, 0.3) is 0 Å². The van der Waals surface area contributed by atoms with E-state index >= 15 is 0 Å². The zero-order valence-corrected chi connectivity index (χ0v) is 19.3. The normalized spacial score (nSPS) is 11.0. The van der Waals surface area contributed by atoms with Crippen molar-refractivity contribution in [3.63, 3.8) is 0 Å². The number of carbonyl (C=O) groups excluding carboxylic acids is 1. The number of nitrogens with one attached hydrogen (secondary N) is 1. The van der Waals surface area contributed by atoms with Crippen LogP contribution in [0.25, 0.3) is 22.6 Å². The zero-order valence-electron chi connectivity index (χ0n) is 19.3. The van der Waals surface area contributed by atoms with E-state index in [0.717, 1.165) is 46.6 Å². The minimum absolute atomic E-state index is 0.0840. The number of aromatic amines is 1. The molecule has 0 aliphatic carbocycles. The molecule has 0 aliphatic heterocycles. The van der Waals surface area contributed by atoms with Crippen molar-refractivity contribution in [1.29, 1.82) is 0 Å². The third kappa shape index (κ3) is 5.03. The highest BCUT2D eigenvalue weighted by Gasteiger charge is 2.17. The van der Waals surface area contributed by atoms with Crippen LogP contribution in [0.5, 0.6) is 0 Å². The number of aryl methyl sites for hydroxylation is 1. The van der Waals surface area contributed by atoms with Crippen molar-refractivity contribution in [1.82, 2.24) is 40.4 Å². The van der Waals surface area contributed by atoms with E-state index in [1.807, 2.05) is 77.6 Å². The third-order valence-electron chi connectivity index (χ3n) is 5.64. The minimum atomic E-state index is -0.0840. The van der Waals surface area contributed by atoms with Gasteiger partial charge in [0.2, 0.25) is 11.6 Å². The van der Waals surface area contributed by atoms with E-state index in [9.17, 15) is 4.79 Å². The first-order chi connectivity index (χ1) is 17.2. The molecular weight excluding hydrogens is 440 g/mol. The Morgan fingerprint density at radius 3 is 2.46 bits per heavy atom. The second-order valence-electron chi connectivity index (χ2n) is 8.19. The van der Waals surface area contributed by atoms with Gasteiger partial charge in [-0.3, -0.25) is 9.78 Å². The zero-order chi connectivity index (χ0) is 24.0. The first-order valence-corrected chi connectivity index (χ1v) is 11.5. The number of hydrogen-bond donors (Lipinski definition) is 1. The number of nitrogens with zero attached hydrogens (tertiary/aromatic N) is 7. The fraction of sp³-hybridized carbons (Fsp3) is 0.192. The van der Waals surface area contributed by atoms with Gasteiger partial charge < -0.3 is 0 Å². The van der Waals surface area contributed by atoms with Gasteiger partial charge in [0.1, 0.15) is 5.82 Å². The Balaban J connectivity index is 1.37. The summed E-state index contributed by atoms with van der Waals surface area (Å²) in [6.45, 7) is 2.57. The molecule has 0 amide bonds. The highest BCUT2D eigenvalue weighted by atomic mass is 16.1. The molecule has 0 atom stereocenters. The van der Waals surface area contributed by atoms with E-state index < -0.39 is 0 Å². The van der Waals surface area contributed by atoms with Crippen LogP contribution in [-0.4, -0.2) is 46.2 Å². The molecule has 3 heterocycles. The number of rotatable bonds is 9. The Labute approximate surface area is 202 Å². The second-order valence-corrected chi connectivity index (χ2v) is 8.19. The van der Waals surface area contributed by atoms with E-state index in [-0.39, 0.29) is 18.0 Å². The van der Waals surface area contributed by atoms with Crippen molar-refractivity contribution in [2.75, 3.05) is 0 Å². The van der Waals surface area contributed by atoms with Crippen LogP contribution in [0, 0.1) is 0 Å². The van der Waals surface area contributed by atoms with Crippen molar-refractivity contribution in [3.05, 3.63) is 95.7 Å². The Morgan fingerprint density at radius 1 is 0.943 bits per heavy atom. The molecule has 3 aromatic heterocycles. The van der Waals surface area contributed by atoms with Crippen LogP contribution in [0.3, 0.4) is 0 Å². The summed E-state index contributed by atoms with van der Waals surface area (Å²) in [5, 5.41) is 18.7. The molecule has 0 fully saturated rings. The smallest absolute Gasteiger partial charge is 0.217 e. The Hall–Kier alpha value is -4.53. The fourth-order valence-electron chi connectivity index (χ4n) is 3.92. The molecular formula is C26H24N8O. The van der Waals surface area contributed by atoms with Gasteiger partial charge in [-0.1, -0.05) is 67.6 Å². The predicted octanol–water partition coefficient (Wildman–Crippen LogP) is 3.95. The van der Waals surface area contributed by atoms with Crippen molar-refractivity contribution in [2.45, 2.75) is 32.7 Å². The molecule has 5 aromatic rings. The number of Topliss-reactive ketones (excluding diaryl/α,β-unsaturated/α-hetero) is 1. The van der Waals surface area contributed by atoms with Crippen molar-refractivity contribution >= 4 is 5.78 Å². The summed E-state index contributed by atoms with van der Waals surface area (Å²) >= 11 is 0. The highest BCUT2D eigenvalue weighted by molar-refractivity contribution is 5.94. The molecule has 1 N–H and O–H groups in total. The molecule has 5 rings (SSSR count). The van der Waals surface area contributed by atoms with Crippen molar-refractivity contribution < 1.29 is 4.79 Å². The molecule has 2 aromatic carbocycles. The first-order valence-electron chi connectivity index (χ1n) is 11.5. The van der Waals surface area contributed by atoms with E-state index in [0.29, 0.717) is 12.4 Å². The van der Waals surface area contributed by atoms with E-state index in [4.69, 9.17) is 0 Å². The minimum Gasteiger partial charge on any atom is -0.290 e. The molecule has 0 saturated carbocycles. The number of pyridine rings is 1. The van der Waals surface area contributed by atoms with Crippen LogP contribution in [0.15, 0.2) is 72.9 Å². The summed E-state index contributed by atoms with van der Waals surface area (Å²) in [7, 11) is 0. The lowest BCUT2D eigenvalue weighted by Gasteiger charge is -2.08. The molecule has 9 heteroatoms. The maximum Gasteiger partial charge on any atom is 0.217 e. The highest BCUT2D eigenvalue weighted by Crippen LogP contribution is 2.28. The van der Waals surface area contributed by atoms with Crippen LogP contribution < -0.4 is 0 Å². The van der Waals surface area contributed by atoms with E-state index in [1.54, 1.807) is 0 Å². The van der Waals surface area contributed by atoms with E-state index in [1.165, 1.54) is 0 Å². The number of aromatic nitrogens is 8. The number of H-pyrrole nitrogens is 1. The largest absolute Gasteiger partial charge is 0.290 e. The topological polar surface area (TPSA) is 115 Å². The van der Waals surface area contributed by atoms with Gasteiger partial charge in [-0.15, -0.1) is 10.2 Å². The standard InChI is InChI=1S/C26H24N8O/c1-2-8-24-28-26(23(35)15-18-9-4-3-5-10-18)31-34(24)17-19-13-14-22(27-16-19)20-11-6-7-12-21(20)25-29-32-33-30-25/h3-7,9-14,16H,2,8,15,17H2,1H3,(H,29,30,32,33). The summed E-state index contributed by atoms with van der Waals surface area (Å²) in [5.74, 6) is 1.57. The average Bonchev–Trinajstić information content (AvgIpc) is 3.56. The van der Waals surface area contributed by atoms with Crippen LogP contribution in [0.2, 0.25) is 0 Å². The lowest BCUT2D eigenvalue weighted by atomic mass is 10.0. The summed E-state index contributed by atoms with van der Waals surface area (Å²) in [6, 6.07) is 21.5. The van der Waals surface area contributed by atoms with Crippen LogP contribution in [0.1, 0.15) is 40.9 Å². The Bertz CT molecular complexity index is 1410. The molecule has 0 unspecified atom stereocenters. The predicted molar refractivity (Wildman–Crippen MR) is 130 cm³/mol. The maximum absolute atomic E-state index is 12.8. The lowest BCUT2D eigenvalue weighted by Crippen LogP contribution is -2.09. The molecule has 0 bridgehead atoms. The number of hydrogen-bond acceptors (Lipinski definition) is 7. The lowest BCUT2D eigenvalue weighted by molar-refractivity contribution is 0.0982. The molecule has 0 spiro atoms. The first kappa shape index (κ1) is 22.3. The monoisotopic (exact) mass is 464 g/mol. The quantitative estimate of drug-likeness (QED) is 0.328. The number of tetrazole rings is 1. The molecule has 9 nitrogen and oxygen atoms in total. The molecule has 0 aliphatic rings. The molecule has 35 heavy (non-hydrogen) atoms. The van der Waals surface area contributed by atoms with Crippen molar-refractivity contribution in [2.24, 2.45) is 0 Å². The SMILES string of the molecule is CCCc1nc(C(=O)Cc2ccccc2)nn1Cc1ccc(-c2ccccc2-c2nnn[nH]2)nc1. The van der Waals surface area contributed by atoms with Gasteiger partial charge >= 0.3 is 0 Å². The van der Waals surface area contributed by atoms with Gasteiger partial charge in [-0.25, -0.2) is 14.8 Å². The third-order valence-corrected chi connectivity index (χ3v) is 5.64. The van der Waals surface area contributed by atoms with Gasteiger partial charge in [0.15, 0.2) is 5.82 Å². The number of carbonyl (C=O) groups is 1. The summed E-state index contributed by atoms with van der Waals surface area (Å²) in [6.07, 6.45) is 3.77. The summed E-state index contributed by atoms with van der Waals surface area (Å²) in [5.41, 5.74) is 4.54. The van der Waals surface area contributed by atoms with Crippen LogP contribution in [-0.2, 0) is 19.4 Å². The van der Waals surface area contributed by atoms with E-state index in [2.05, 4.69) is 42.6 Å². The van der Waals surface area contributed by atoms with Gasteiger partial charge in [0.05, 0.1) is 12.2 Å². The van der Waals surface area contributed by atoms with Crippen LogP contribution >= 0.6 is 0 Å². The molecule has 0 saturated heterocycles. The molecule has 0 radical (unpaired) electrons.